The standard InChI is InChI=1S/C19H21N7O/c1-20-13-16-4-2-15(3-5-16)12-19(27)25-10-8-24(9-11-25)18-7-6-17-22-21-14-26(17)23-18/h2-7,13-14H,8-12H2,1H3. The Balaban J connectivity index is 1.34. The molecule has 8 nitrogen and oxygen atoms in total. The maximum atomic E-state index is 12.6. The molecular formula is C19H21N7O. The van der Waals surface area contributed by atoms with E-state index < -0.39 is 0 Å². The van der Waals surface area contributed by atoms with Gasteiger partial charge in [-0.15, -0.1) is 15.3 Å². The fourth-order valence-electron chi connectivity index (χ4n) is 3.23. The van der Waals surface area contributed by atoms with Crippen molar-refractivity contribution in [3.05, 3.63) is 53.9 Å². The average molecular weight is 363 g/mol. The van der Waals surface area contributed by atoms with Crippen molar-refractivity contribution in [3.8, 4) is 0 Å². The Morgan fingerprint density at radius 2 is 1.89 bits per heavy atom. The molecule has 4 rings (SSSR count). The highest BCUT2D eigenvalue weighted by Crippen LogP contribution is 2.15. The molecule has 0 atom stereocenters. The van der Waals surface area contributed by atoms with E-state index in [1.165, 1.54) is 0 Å². The van der Waals surface area contributed by atoms with Gasteiger partial charge in [0, 0.05) is 39.4 Å². The summed E-state index contributed by atoms with van der Waals surface area (Å²) >= 11 is 0. The summed E-state index contributed by atoms with van der Waals surface area (Å²) in [6, 6.07) is 11.8. The molecule has 1 aliphatic heterocycles. The summed E-state index contributed by atoms with van der Waals surface area (Å²) in [4.78, 5) is 20.7. The fraction of sp³-hybridized carbons (Fsp3) is 0.316. The largest absolute Gasteiger partial charge is 0.352 e. The van der Waals surface area contributed by atoms with Gasteiger partial charge >= 0.3 is 0 Å². The third-order valence-corrected chi connectivity index (χ3v) is 4.72. The zero-order chi connectivity index (χ0) is 18.6. The number of anilines is 1. The minimum Gasteiger partial charge on any atom is -0.352 e. The lowest BCUT2D eigenvalue weighted by Gasteiger charge is -2.35. The minimum absolute atomic E-state index is 0.161. The first-order valence-corrected chi connectivity index (χ1v) is 8.94. The molecule has 1 amide bonds. The lowest BCUT2D eigenvalue weighted by Crippen LogP contribution is -2.49. The molecule has 2 aromatic heterocycles. The van der Waals surface area contributed by atoms with E-state index in [4.69, 9.17) is 0 Å². The van der Waals surface area contributed by atoms with Crippen LogP contribution in [0, 0.1) is 0 Å². The Kier molecular flexibility index (Phi) is 4.78. The van der Waals surface area contributed by atoms with Crippen molar-refractivity contribution in [2.45, 2.75) is 6.42 Å². The predicted molar refractivity (Wildman–Crippen MR) is 103 cm³/mol. The number of aliphatic imine (C=N–C) groups is 1. The van der Waals surface area contributed by atoms with Crippen LogP contribution < -0.4 is 4.90 Å². The molecule has 0 radical (unpaired) electrons. The molecule has 0 unspecified atom stereocenters. The van der Waals surface area contributed by atoms with Gasteiger partial charge in [0.1, 0.15) is 12.1 Å². The molecule has 1 saturated heterocycles. The Morgan fingerprint density at radius 3 is 2.63 bits per heavy atom. The van der Waals surface area contributed by atoms with Gasteiger partial charge in [0.05, 0.1) is 6.42 Å². The minimum atomic E-state index is 0.161. The molecule has 0 aliphatic carbocycles. The molecule has 1 fully saturated rings. The number of benzene rings is 1. The molecule has 0 N–H and O–H groups in total. The Hall–Kier alpha value is -3.29. The lowest BCUT2D eigenvalue weighted by molar-refractivity contribution is -0.130. The number of carbonyl (C=O) groups is 1. The van der Waals surface area contributed by atoms with Gasteiger partial charge in [-0.1, -0.05) is 24.3 Å². The number of fused-ring (bicyclic) bond motifs is 1. The van der Waals surface area contributed by atoms with Crippen molar-refractivity contribution in [2.24, 2.45) is 4.99 Å². The van der Waals surface area contributed by atoms with E-state index in [0.29, 0.717) is 19.5 Å². The molecule has 0 bridgehead atoms. The lowest BCUT2D eigenvalue weighted by atomic mass is 10.1. The quantitative estimate of drug-likeness (QED) is 0.648. The number of carbonyl (C=O) groups excluding carboxylic acids is 1. The van der Waals surface area contributed by atoms with E-state index in [0.717, 1.165) is 35.7 Å². The van der Waals surface area contributed by atoms with Crippen molar-refractivity contribution >= 4 is 23.6 Å². The van der Waals surface area contributed by atoms with Crippen LogP contribution in [0.3, 0.4) is 0 Å². The first-order valence-electron chi connectivity index (χ1n) is 8.94. The maximum Gasteiger partial charge on any atom is 0.227 e. The summed E-state index contributed by atoms with van der Waals surface area (Å²) in [6.07, 6.45) is 3.82. The summed E-state index contributed by atoms with van der Waals surface area (Å²) in [5.74, 6) is 1.04. The highest BCUT2D eigenvalue weighted by Gasteiger charge is 2.22. The van der Waals surface area contributed by atoms with Crippen LogP contribution >= 0.6 is 0 Å². The topological polar surface area (TPSA) is 79.0 Å². The Labute approximate surface area is 157 Å². The Bertz CT molecular complexity index is 956. The van der Waals surface area contributed by atoms with E-state index in [9.17, 15) is 4.79 Å². The van der Waals surface area contributed by atoms with Crippen molar-refractivity contribution in [3.63, 3.8) is 0 Å². The molecule has 0 spiro atoms. The van der Waals surface area contributed by atoms with E-state index in [1.807, 2.05) is 41.3 Å². The second kappa shape index (κ2) is 7.53. The number of piperazine rings is 1. The van der Waals surface area contributed by atoms with Gasteiger partial charge in [-0.05, 0) is 23.3 Å². The van der Waals surface area contributed by atoms with Crippen LogP contribution in [0.4, 0.5) is 5.82 Å². The van der Waals surface area contributed by atoms with Crippen molar-refractivity contribution in [2.75, 3.05) is 38.1 Å². The zero-order valence-electron chi connectivity index (χ0n) is 15.2. The molecule has 3 aromatic rings. The first-order chi connectivity index (χ1) is 13.2. The average Bonchev–Trinajstić information content (AvgIpc) is 3.17. The van der Waals surface area contributed by atoms with Gasteiger partial charge < -0.3 is 9.80 Å². The number of hydrogen-bond acceptors (Lipinski definition) is 6. The SMILES string of the molecule is CN=Cc1ccc(CC(=O)N2CCN(c3ccc4nncn4n3)CC2)cc1. The number of nitrogens with zero attached hydrogens (tertiary/aromatic N) is 7. The summed E-state index contributed by atoms with van der Waals surface area (Å²) in [5, 5.41) is 12.3. The van der Waals surface area contributed by atoms with E-state index in [2.05, 4.69) is 25.2 Å². The van der Waals surface area contributed by atoms with Gasteiger partial charge in [-0.25, -0.2) is 0 Å². The van der Waals surface area contributed by atoms with Gasteiger partial charge in [0.15, 0.2) is 5.65 Å². The van der Waals surface area contributed by atoms with E-state index in [-0.39, 0.29) is 5.91 Å². The first kappa shape index (κ1) is 17.1. The number of amides is 1. The number of rotatable bonds is 4. The molecule has 27 heavy (non-hydrogen) atoms. The normalized spacial score (nSPS) is 15.0. The van der Waals surface area contributed by atoms with Crippen LogP contribution in [0.25, 0.3) is 5.65 Å². The van der Waals surface area contributed by atoms with Gasteiger partial charge in [0.2, 0.25) is 5.91 Å². The number of aromatic nitrogens is 4. The Morgan fingerprint density at radius 1 is 1.11 bits per heavy atom. The summed E-state index contributed by atoms with van der Waals surface area (Å²) in [5.41, 5.74) is 2.79. The van der Waals surface area contributed by atoms with E-state index >= 15 is 0 Å². The van der Waals surface area contributed by atoms with Gasteiger partial charge in [0.25, 0.3) is 0 Å². The molecule has 1 aromatic carbocycles. The third kappa shape index (κ3) is 3.79. The molecule has 1 aliphatic rings. The van der Waals surface area contributed by atoms with Crippen molar-refractivity contribution in [1.82, 2.24) is 24.7 Å². The van der Waals surface area contributed by atoms with Crippen LogP contribution in [0.1, 0.15) is 11.1 Å². The van der Waals surface area contributed by atoms with Crippen LogP contribution in [0.5, 0.6) is 0 Å². The van der Waals surface area contributed by atoms with Crippen molar-refractivity contribution in [1.29, 1.82) is 0 Å². The smallest absolute Gasteiger partial charge is 0.227 e. The molecular weight excluding hydrogens is 342 g/mol. The molecule has 8 heteroatoms. The maximum absolute atomic E-state index is 12.6. The van der Waals surface area contributed by atoms with Crippen LogP contribution in [0.2, 0.25) is 0 Å². The van der Waals surface area contributed by atoms with E-state index in [1.54, 1.807) is 24.1 Å². The second-order valence-corrected chi connectivity index (χ2v) is 6.50. The fourth-order valence-corrected chi connectivity index (χ4v) is 3.23. The third-order valence-electron chi connectivity index (χ3n) is 4.72. The van der Waals surface area contributed by atoms with Gasteiger partial charge in [-0.2, -0.15) is 4.52 Å². The highest BCUT2D eigenvalue weighted by molar-refractivity contribution is 5.81. The summed E-state index contributed by atoms with van der Waals surface area (Å²) in [7, 11) is 1.75. The van der Waals surface area contributed by atoms with Gasteiger partial charge in [-0.3, -0.25) is 9.79 Å². The highest BCUT2D eigenvalue weighted by atomic mass is 16.2. The predicted octanol–water partition coefficient (Wildman–Crippen LogP) is 1.06. The summed E-state index contributed by atoms with van der Waals surface area (Å²) < 4.78 is 1.67. The van der Waals surface area contributed by atoms with Crippen LogP contribution in [-0.4, -0.2) is 70.1 Å². The molecule has 138 valence electrons. The number of hydrogen-bond donors (Lipinski definition) is 0. The molecule has 0 saturated carbocycles. The zero-order valence-corrected chi connectivity index (χ0v) is 15.2. The molecule has 3 heterocycles. The van der Waals surface area contributed by atoms with Crippen molar-refractivity contribution < 1.29 is 4.79 Å². The monoisotopic (exact) mass is 363 g/mol. The summed E-state index contributed by atoms with van der Waals surface area (Å²) in [6.45, 7) is 2.92. The van der Waals surface area contributed by atoms with Crippen LogP contribution in [0.15, 0.2) is 47.7 Å². The van der Waals surface area contributed by atoms with Crippen LogP contribution in [-0.2, 0) is 11.2 Å². The second-order valence-electron chi connectivity index (χ2n) is 6.50.